The molecule has 0 aliphatic heterocycles. The van der Waals surface area contributed by atoms with E-state index in [0.29, 0.717) is 18.6 Å². The van der Waals surface area contributed by atoms with Crippen LogP contribution in [-0.4, -0.2) is 17.6 Å². The highest BCUT2D eigenvalue weighted by molar-refractivity contribution is 5.76. The minimum absolute atomic E-state index is 0.0468. The van der Waals surface area contributed by atoms with E-state index in [4.69, 9.17) is 4.42 Å². The molecular formula is C18H21NO3. The molecule has 1 aliphatic rings. The van der Waals surface area contributed by atoms with Gasteiger partial charge in [-0.15, -0.1) is 0 Å². The first-order chi connectivity index (χ1) is 10.7. The maximum atomic E-state index is 12.0. The zero-order valence-corrected chi connectivity index (χ0v) is 12.5. The van der Waals surface area contributed by atoms with E-state index >= 15 is 0 Å². The standard InChI is InChI=1S/C18H21NO3/c20-17(11-8-14-5-2-1-3-6-14)19-13-18(21,15-9-10-15)16-7-4-12-22-16/h1-7,12,15,21H,8-11,13H2,(H,19,20)/t18-/m0/s1. The van der Waals surface area contributed by atoms with Crippen LogP contribution in [0.1, 0.15) is 30.6 Å². The van der Waals surface area contributed by atoms with Gasteiger partial charge in [0.05, 0.1) is 12.8 Å². The van der Waals surface area contributed by atoms with Crippen molar-refractivity contribution in [3.63, 3.8) is 0 Å². The fraction of sp³-hybridized carbons (Fsp3) is 0.389. The molecule has 2 aromatic rings. The molecule has 1 heterocycles. The Kier molecular flexibility index (Phi) is 4.29. The summed E-state index contributed by atoms with van der Waals surface area (Å²) in [4.78, 5) is 12.0. The minimum Gasteiger partial charge on any atom is -0.466 e. The number of hydrogen-bond acceptors (Lipinski definition) is 3. The van der Waals surface area contributed by atoms with Crippen molar-refractivity contribution in [3.8, 4) is 0 Å². The van der Waals surface area contributed by atoms with Crippen molar-refractivity contribution in [2.45, 2.75) is 31.3 Å². The van der Waals surface area contributed by atoms with Crippen LogP contribution in [0.2, 0.25) is 0 Å². The number of hydrogen-bond donors (Lipinski definition) is 2. The second kappa shape index (κ2) is 6.36. The number of amides is 1. The van der Waals surface area contributed by atoms with Gasteiger partial charge in [-0.3, -0.25) is 4.79 Å². The minimum atomic E-state index is -1.08. The Bertz CT molecular complexity index is 605. The number of benzene rings is 1. The van der Waals surface area contributed by atoms with E-state index in [1.807, 2.05) is 30.3 Å². The first kappa shape index (κ1) is 14.9. The molecule has 1 aromatic heterocycles. The quantitative estimate of drug-likeness (QED) is 0.826. The number of nitrogens with one attached hydrogen (secondary N) is 1. The third-order valence-corrected chi connectivity index (χ3v) is 4.24. The van der Waals surface area contributed by atoms with Crippen LogP contribution in [0.15, 0.2) is 53.1 Å². The molecule has 1 atom stereocenters. The van der Waals surface area contributed by atoms with Crippen molar-refractivity contribution >= 4 is 5.91 Å². The van der Waals surface area contributed by atoms with Crippen molar-refractivity contribution in [2.75, 3.05) is 6.54 Å². The summed E-state index contributed by atoms with van der Waals surface area (Å²) in [6, 6.07) is 13.5. The highest BCUT2D eigenvalue weighted by Crippen LogP contribution is 2.45. The third kappa shape index (κ3) is 3.39. The fourth-order valence-corrected chi connectivity index (χ4v) is 2.74. The lowest BCUT2D eigenvalue weighted by Crippen LogP contribution is -2.42. The second-order valence-corrected chi connectivity index (χ2v) is 5.94. The molecule has 0 bridgehead atoms. The Morgan fingerprint density at radius 3 is 2.64 bits per heavy atom. The van der Waals surface area contributed by atoms with Gasteiger partial charge in [-0.25, -0.2) is 0 Å². The van der Waals surface area contributed by atoms with Crippen LogP contribution in [0.4, 0.5) is 0 Å². The summed E-state index contributed by atoms with van der Waals surface area (Å²) in [6.07, 6.45) is 4.62. The molecule has 4 nitrogen and oxygen atoms in total. The number of furan rings is 1. The Hall–Kier alpha value is -2.07. The second-order valence-electron chi connectivity index (χ2n) is 5.94. The number of aryl methyl sites for hydroxylation is 1. The topological polar surface area (TPSA) is 62.5 Å². The number of carbonyl (C=O) groups is 1. The fourth-order valence-electron chi connectivity index (χ4n) is 2.74. The number of aliphatic hydroxyl groups is 1. The molecule has 0 unspecified atom stereocenters. The van der Waals surface area contributed by atoms with Crippen molar-refractivity contribution < 1.29 is 14.3 Å². The molecule has 0 saturated heterocycles. The smallest absolute Gasteiger partial charge is 0.220 e. The molecule has 0 radical (unpaired) electrons. The molecule has 2 N–H and O–H groups in total. The molecule has 1 aliphatic carbocycles. The van der Waals surface area contributed by atoms with Crippen molar-refractivity contribution in [1.29, 1.82) is 0 Å². The van der Waals surface area contributed by atoms with Gasteiger partial charge < -0.3 is 14.8 Å². The van der Waals surface area contributed by atoms with Gasteiger partial charge in [0.25, 0.3) is 0 Å². The van der Waals surface area contributed by atoms with Gasteiger partial charge >= 0.3 is 0 Å². The summed E-state index contributed by atoms with van der Waals surface area (Å²) >= 11 is 0. The van der Waals surface area contributed by atoms with Crippen LogP contribution in [0.5, 0.6) is 0 Å². The van der Waals surface area contributed by atoms with E-state index < -0.39 is 5.60 Å². The third-order valence-electron chi connectivity index (χ3n) is 4.24. The monoisotopic (exact) mass is 299 g/mol. The molecule has 4 heteroatoms. The maximum Gasteiger partial charge on any atom is 0.220 e. The number of carbonyl (C=O) groups excluding carboxylic acids is 1. The van der Waals surface area contributed by atoms with E-state index in [1.165, 1.54) is 0 Å². The van der Waals surface area contributed by atoms with E-state index in [9.17, 15) is 9.90 Å². The zero-order chi connectivity index (χ0) is 15.4. The van der Waals surface area contributed by atoms with Crippen LogP contribution in [0, 0.1) is 5.92 Å². The highest BCUT2D eigenvalue weighted by Gasteiger charge is 2.47. The SMILES string of the molecule is O=C(CCc1ccccc1)NC[C@@](O)(c1ccco1)C1CC1. The van der Waals surface area contributed by atoms with Crippen molar-refractivity contribution in [1.82, 2.24) is 5.32 Å². The molecule has 22 heavy (non-hydrogen) atoms. The molecule has 1 fully saturated rings. The lowest BCUT2D eigenvalue weighted by molar-refractivity contribution is -0.123. The molecule has 3 rings (SSSR count). The molecule has 1 amide bonds. The zero-order valence-electron chi connectivity index (χ0n) is 12.5. The molecule has 1 aromatic carbocycles. The molecular weight excluding hydrogens is 278 g/mol. The largest absolute Gasteiger partial charge is 0.466 e. The Balaban J connectivity index is 1.53. The summed E-state index contributed by atoms with van der Waals surface area (Å²) in [5.74, 6) is 0.668. The average molecular weight is 299 g/mol. The highest BCUT2D eigenvalue weighted by atomic mass is 16.4. The summed E-state index contributed by atoms with van der Waals surface area (Å²) in [5, 5.41) is 13.7. The molecule has 116 valence electrons. The van der Waals surface area contributed by atoms with E-state index in [-0.39, 0.29) is 18.4 Å². The van der Waals surface area contributed by atoms with Gasteiger partial charge in [0.15, 0.2) is 0 Å². The lowest BCUT2D eigenvalue weighted by atomic mass is 9.94. The summed E-state index contributed by atoms with van der Waals surface area (Å²) in [6.45, 7) is 0.207. The van der Waals surface area contributed by atoms with Crippen LogP contribution < -0.4 is 5.32 Å². The lowest BCUT2D eigenvalue weighted by Gasteiger charge is -2.26. The Labute approximate surface area is 130 Å². The van der Waals surface area contributed by atoms with E-state index in [2.05, 4.69) is 5.32 Å². The van der Waals surface area contributed by atoms with Gasteiger partial charge in [-0.2, -0.15) is 0 Å². The van der Waals surface area contributed by atoms with Gasteiger partial charge in [0, 0.05) is 6.42 Å². The van der Waals surface area contributed by atoms with Crippen LogP contribution in [0.25, 0.3) is 0 Å². The van der Waals surface area contributed by atoms with Gasteiger partial charge in [-0.05, 0) is 42.9 Å². The first-order valence-corrected chi connectivity index (χ1v) is 7.75. The van der Waals surface area contributed by atoms with Gasteiger partial charge in [0.2, 0.25) is 5.91 Å². The summed E-state index contributed by atoms with van der Waals surface area (Å²) in [5.41, 5.74) is 0.0625. The average Bonchev–Trinajstić information content (AvgIpc) is 3.26. The van der Waals surface area contributed by atoms with Crippen LogP contribution in [0.3, 0.4) is 0 Å². The predicted octanol–water partition coefficient (Wildman–Crippen LogP) is 2.63. The maximum absolute atomic E-state index is 12.0. The number of rotatable bonds is 7. The van der Waals surface area contributed by atoms with E-state index in [0.717, 1.165) is 18.4 Å². The van der Waals surface area contributed by atoms with E-state index in [1.54, 1.807) is 18.4 Å². The molecule has 1 saturated carbocycles. The van der Waals surface area contributed by atoms with Crippen LogP contribution >= 0.6 is 0 Å². The normalized spacial score (nSPS) is 17.0. The van der Waals surface area contributed by atoms with Gasteiger partial charge in [0.1, 0.15) is 11.4 Å². The Morgan fingerprint density at radius 1 is 1.23 bits per heavy atom. The van der Waals surface area contributed by atoms with Crippen molar-refractivity contribution in [3.05, 3.63) is 60.1 Å². The summed E-state index contributed by atoms with van der Waals surface area (Å²) < 4.78 is 5.36. The molecule has 0 spiro atoms. The van der Waals surface area contributed by atoms with Crippen molar-refractivity contribution in [2.24, 2.45) is 5.92 Å². The predicted molar refractivity (Wildman–Crippen MR) is 83.1 cm³/mol. The Morgan fingerprint density at radius 2 is 2.00 bits per heavy atom. The summed E-state index contributed by atoms with van der Waals surface area (Å²) in [7, 11) is 0. The first-order valence-electron chi connectivity index (χ1n) is 7.75. The van der Waals surface area contributed by atoms with Gasteiger partial charge in [-0.1, -0.05) is 30.3 Å². The van der Waals surface area contributed by atoms with Crippen LogP contribution in [-0.2, 0) is 16.8 Å².